The molecule has 0 radical (unpaired) electrons. The first kappa shape index (κ1) is 12.5. The van der Waals surface area contributed by atoms with E-state index >= 15 is 0 Å². The van der Waals surface area contributed by atoms with Crippen LogP contribution in [0.4, 0.5) is 0 Å². The fourth-order valence-corrected chi connectivity index (χ4v) is 3.02. The molecule has 4 heteroatoms. The van der Waals surface area contributed by atoms with Gasteiger partial charge < -0.3 is 5.32 Å². The van der Waals surface area contributed by atoms with Gasteiger partial charge in [0, 0.05) is 36.0 Å². The van der Waals surface area contributed by atoms with Crippen molar-refractivity contribution >= 4 is 18.2 Å². The lowest BCUT2D eigenvalue weighted by molar-refractivity contribution is 0.0875. The molecule has 3 heterocycles. The molecule has 0 aliphatic carbocycles. The van der Waals surface area contributed by atoms with Crippen molar-refractivity contribution in [2.24, 2.45) is 5.92 Å². The average molecular weight is 253 g/mol. The van der Waals surface area contributed by atoms with Crippen LogP contribution in [0.15, 0.2) is 24.5 Å². The molecule has 2 saturated heterocycles. The summed E-state index contributed by atoms with van der Waals surface area (Å²) in [6, 6.07) is 4.81. The van der Waals surface area contributed by atoms with Gasteiger partial charge in [-0.25, -0.2) is 0 Å². The van der Waals surface area contributed by atoms with Crippen LogP contribution in [0.3, 0.4) is 0 Å². The molecule has 0 saturated carbocycles. The van der Waals surface area contributed by atoms with Gasteiger partial charge >= 0.3 is 0 Å². The first-order chi connectivity index (χ1) is 7.83. The maximum absolute atomic E-state index is 12.3. The summed E-state index contributed by atoms with van der Waals surface area (Å²) in [6.07, 6.45) is 7.90. The minimum Gasteiger partial charge on any atom is -0.311 e. The molecule has 2 aliphatic rings. The molecule has 17 heavy (non-hydrogen) atoms. The zero-order valence-corrected chi connectivity index (χ0v) is 10.5. The van der Waals surface area contributed by atoms with Crippen LogP contribution < -0.4 is 5.32 Å². The Hall–Kier alpha value is -0.930. The molecule has 3 rings (SSSR count). The predicted octanol–water partition coefficient (Wildman–Crippen LogP) is 2.22. The van der Waals surface area contributed by atoms with Crippen LogP contribution in [-0.2, 0) is 0 Å². The van der Waals surface area contributed by atoms with E-state index in [0.717, 1.165) is 18.4 Å². The molecule has 2 aliphatic heterocycles. The van der Waals surface area contributed by atoms with Gasteiger partial charge in [-0.2, -0.15) is 0 Å². The Morgan fingerprint density at radius 3 is 2.35 bits per heavy atom. The first-order valence-electron chi connectivity index (χ1n) is 6.03. The summed E-state index contributed by atoms with van der Waals surface area (Å²) in [5.41, 5.74) is 0.821. The van der Waals surface area contributed by atoms with E-state index in [4.69, 9.17) is 0 Å². The summed E-state index contributed by atoms with van der Waals surface area (Å²) in [5.74, 6) is 0.530. The number of rotatable bonds is 2. The zero-order valence-electron chi connectivity index (χ0n) is 9.63. The lowest BCUT2D eigenvalue weighted by atomic mass is 9.86. The minimum atomic E-state index is 0. The number of carbonyl (C=O) groups excluding carboxylic acids is 1. The number of aromatic nitrogens is 1. The highest BCUT2D eigenvalue weighted by molar-refractivity contribution is 5.97. The average Bonchev–Trinajstić information content (AvgIpc) is 2.68. The number of halogens is 1. The second kappa shape index (κ2) is 5.15. The second-order valence-corrected chi connectivity index (χ2v) is 4.91. The van der Waals surface area contributed by atoms with Crippen molar-refractivity contribution < 1.29 is 4.79 Å². The van der Waals surface area contributed by atoms with E-state index in [9.17, 15) is 4.79 Å². The summed E-state index contributed by atoms with van der Waals surface area (Å²) in [5, 5.41) is 3.56. The number of fused-ring (bicyclic) bond motifs is 2. The van der Waals surface area contributed by atoms with Gasteiger partial charge in [0.2, 0.25) is 0 Å². The van der Waals surface area contributed by atoms with E-state index in [2.05, 4.69) is 10.3 Å². The van der Waals surface area contributed by atoms with E-state index in [1.807, 2.05) is 12.1 Å². The Bertz CT molecular complexity index is 384. The Morgan fingerprint density at radius 2 is 1.76 bits per heavy atom. The van der Waals surface area contributed by atoms with Crippen LogP contribution in [0.1, 0.15) is 36.0 Å². The number of Topliss-reactive ketones (excluding diaryl/α,β-unsaturated/α-hetero) is 1. The number of hydrogen-bond donors (Lipinski definition) is 1. The smallest absolute Gasteiger partial charge is 0.166 e. The van der Waals surface area contributed by atoms with Crippen molar-refractivity contribution in [3.05, 3.63) is 30.1 Å². The van der Waals surface area contributed by atoms with Crippen LogP contribution in [0.2, 0.25) is 0 Å². The molecule has 2 fully saturated rings. The van der Waals surface area contributed by atoms with Crippen LogP contribution in [0, 0.1) is 5.92 Å². The molecule has 0 spiro atoms. The summed E-state index contributed by atoms with van der Waals surface area (Å²) >= 11 is 0. The quantitative estimate of drug-likeness (QED) is 0.821. The summed E-state index contributed by atoms with van der Waals surface area (Å²) in [7, 11) is 0. The van der Waals surface area contributed by atoms with Gasteiger partial charge in [0.25, 0.3) is 0 Å². The molecule has 2 atom stereocenters. The van der Waals surface area contributed by atoms with Crippen LogP contribution >= 0.6 is 12.4 Å². The van der Waals surface area contributed by atoms with Crippen molar-refractivity contribution in [1.29, 1.82) is 0 Å². The summed E-state index contributed by atoms with van der Waals surface area (Å²) in [4.78, 5) is 16.2. The second-order valence-electron chi connectivity index (χ2n) is 4.91. The Balaban J connectivity index is 0.00000108. The highest BCUT2D eigenvalue weighted by Gasteiger charge is 2.36. The van der Waals surface area contributed by atoms with E-state index in [-0.39, 0.29) is 18.3 Å². The zero-order chi connectivity index (χ0) is 11.0. The fraction of sp³-hybridized carbons (Fsp3) is 0.538. The van der Waals surface area contributed by atoms with E-state index < -0.39 is 0 Å². The van der Waals surface area contributed by atoms with Crippen LogP contribution in [0.25, 0.3) is 0 Å². The predicted molar refractivity (Wildman–Crippen MR) is 68.5 cm³/mol. The third kappa shape index (κ3) is 2.50. The Kier molecular flexibility index (Phi) is 3.79. The maximum atomic E-state index is 12.3. The molecule has 92 valence electrons. The van der Waals surface area contributed by atoms with Crippen molar-refractivity contribution in [2.45, 2.75) is 37.8 Å². The van der Waals surface area contributed by atoms with Gasteiger partial charge in [0.1, 0.15) is 0 Å². The van der Waals surface area contributed by atoms with E-state index in [0.29, 0.717) is 17.9 Å². The van der Waals surface area contributed by atoms with Gasteiger partial charge in [-0.1, -0.05) is 0 Å². The molecule has 1 aromatic heterocycles. The SMILES string of the molecule is Cl.O=C(c1ccncc1)C1CC2CCC(C1)N2. The molecule has 2 unspecified atom stereocenters. The Labute approximate surface area is 107 Å². The Morgan fingerprint density at radius 1 is 1.18 bits per heavy atom. The third-order valence-corrected chi connectivity index (χ3v) is 3.81. The molecule has 3 nitrogen and oxygen atoms in total. The number of hydrogen-bond acceptors (Lipinski definition) is 3. The molecule has 1 aromatic rings. The van der Waals surface area contributed by atoms with Crippen molar-refractivity contribution in [1.82, 2.24) is 10.3 Å². The highest BCUT2D eigenvalue weighted by atomic mass is 35.5. The molecule has 0 amide bonds. The number of pyridine rings is 1. The van der Waals surface area contributed by atoms with Gasteiger partial charge in [-0.3, -0.25) is 9.78 Å². The van der Waals surface area contributed by atoms with E-state index in [1.54, 1.807) is 12.4 Å². The number of carbonyl (C=O) groups is 1. The summed E-state index contributed by atoms with van der Waals surface area (Å²) in [6.45, 7) is 0. The summed E-state index contributed by atoms with van der Waals surface area (Å²) < 4.78 is 0. The minimum absolute atomic E-state index is 0. The fourth-order valence-electron chi connectivity index (χ4n) is 3.02. The van der Waals surface area contributed by atoms with Crippen LogP contribution in [0.5, 0.6) is 0 Å². The molecule has 2 bridgehead atoms. The van der Waals surface area contributed by atoms with Crippen molar-refractivity contribution in [2.75, 3.05) is 0 Å². The lowest BCUT2D eigenvalue weighted by Crippen LogP contribution is -2.40. The standard InChI is InChI=1S/C13H16N2O.ClH/c16-13(9-3-5-14-6-4-9)10-7-11-1-2-12(8-10)15-11;/h3-6,10-12,15H,1-2,7-8H2;1H. The first-order valence-corrected chi connectivity index (χ1v) is 6.03. The third-order valence-electron chi connectivity index (χ3n) is 3.81. The number of nitrogens with one attached hydrogen (secondary N) is 1. The number of piperidine rings is 1. The normalized spacial score (nSPS) is 30.7. The largest absolute Gasteiger partial charge is 0.311 e. The van der Waals surface area contributed by atoms with Gasteiger partial charge in [0.05, 0.1) is 0 Å². The lowest BCUT2D eigenvalue weighted by Gasteiger charge is -2.28. The topological polar surface area (TPSA) is 42.0 Å². The van der Waals surface area contributed by atoms with Crippen molar-refractivity contribution in [3.63, 3.8) is 0 Å². The number of nitrogens with zero attached hydrogens (tertiary/aromatic N) is 1. The van der Waals surface area contributed by atoms with Crippen molar-refractivity contribution in [3.8, 4) is 0 Å². The molecule has 0 aromatic carbocycles. The molecular weight excluding hydrogens is 236 g/mol. The number of ketones is 1. The van der Waals surface area contributed by atoms with Gasteiger partial charge in [0.15, 0.2) is 5.78 Å². The molecular formula is C13H17ClN2O. The van der Waals surface area contributed by atoms with E-state index in [1.165, 1.54) is 12.8 Å². The monoisotopic (exact) mass is 252 g/mol. The van der Waals surface area contributed by atoms with Gasteiger partial charge in [-0.05, 0) is 37.8 Å². The van der Waals surface area contributed by atoms with Gasteiger partial charge in [-0.15, -0.1) is 12.4 Å². The highest BCUT2D eigenvalue weighted by Crippen LogP contribution is 2.32. The van der Waals surface area contributed by atoms with Crippen LogP contribution in [-0.4, -0.2) is 22.9 Å². The molecule has 1 N–H and O–H groups in total. The maximum Gasteiger partial charge on any atom is 0.166 e.